The lowest BCUT2D eigenvalue weighted by Gasteiger charge is -2.12. The lowest BCUT2D eigenvalue weighted by Crippen LogP contribution is -2.13. The van der Waals surface area contributed by atoms with E-state index in [0.29, 0.717) is 10.2 Å². The van der Waals surface area contributed by atoms with E-state index in [1.54, 1.807) is 6.07 Å². The Hall–Kier alpha value is -2.48. The summed E-state index contributed by atoms with van der Waals surface area (Å²) in [7, 11) is 0. The summed E-state index contributed by atoms with van der Waals surface area (Å²) < 4.78 is 19.8. The van der Waals surface area contributed by atoms with Crippen LogP contribution in [-0.4, -0.2) is 16.9 Å². The molecule has 0 bridgehead atoms. The Labute approximate surface area is 145 Å². The first-order chi connectivity index (χ1) is 11.3. The quantitative estimate of drug-likeness (QED) is 0.594. The van der Waals surface area contributed by atoms with E-state index < -0.39 is 16.6 Å². The monoisotopic (exact) mass is 396 g/mol. The van der Waals surface area contributed by atoms with E-state index in [2.05, 4.69) is 21.2 Å². The molecule has 0 radical (unpaired) electrons. The number of ether oxygens (including phenoxy) is 1. The molecule has 0 atom stereocenters. The molecule has 6 nitrogen and oxygen atoms in total. The molecule has 2 aromatic rings. The predicted molar refractivity (Wildman–Crippen MR) is 90.9 cm³/mol. The zero-order valence-corrected chi connectivity index (χ0v) is 14.5. The minimum Gasteiger partial charge on any atom is -0.490 e. The van der Waals surface area contributed by atoms with Gasteiger partial charge in [-0.2, -0.15) is 0 Å². The molecule has 8 heteroatoms. The van der Waals surface area contributed by atoms with Gasteiger partial charge in [-0.25, -0.2) is 4.39 Å². The van der Waals surface area contributed by atoms with Gasteiger partial charge >= 0.3 is 0 Å². The third-order valence-electron chi connectivity index (χ3n) is 2.97. The van der Waals surface area contributed by atoms with Gasteiger partial charge in [0.25, 0.3) is 11.6 Å². The van der Waals surface area contributed by atoms with Crippen LogP contribution in [0.3, 0.4) is 0 Å². The number of nitro benzene ring substituents is 1. The van der Waals surface area contributed by atoms with E-state index in [1.165, 1.54) is 12.1 Å². The van der Waals surface area contributed by atoms with E-state index >= 15 is 0 Å². The maximum atomic E-state index is 13.7. The molecular formula is C16H14BrFN2O4. The van der Waals surface area contributed by atoms with Crippen molar-refractivity contribution in [2.24, 2.45) is 0 Å². The van der Waals surface area contributed by atoms with Crippen LogP contribution in [0.1, 0.15) is 24.2 Å². The fourth-order valence-electron chi connectivity index (χ4n) is 1.91. The molecule has 0 saturated carbocycles. The highest BCUT2D eigenvalue weighted by Gasteiger charge is 2.15. The molecule has 0 fully saturated rings. The highest BCUT2D eigenvalue weighted by Crippen LogP contribution is 2.28. The Balaban J connectivity index is 2.23. The average molecular weight is 397 g/mol. The summed E-state index contributed by atoms with van der Waals surface area (Å²) in [5.74, 6) is -0.776. The summed E-state index contributed by atoms with van der Waals surface area (Å²) in [6.45, 7) is 3.75. The van der Waals surface area contributed by atoms with Crippen molar-refractivity contribution in [1.82, 2.24) is 0 Å². The van der Waals surface area contributed by atoms with Crippen molar-refractivity contribution in [3.63, 3.8) is 0 Å². The second-order valence-electron chi connectivity index (χ2n) is 5.19. The summed E-state index contributed by atoms with van der Waals surface area (Å²) in [5.41, 5.74) is -0.315. The molecule has 1 amide bonds. The number of nitrogens with one attached hydrogen (secondary N) is 1. The van der Waals surface area contributed by atoms with E-state index in [9.17, 15) is 19.3 Å². The minimum atomic E-state index is -0.757. The Morgan fingerprint density at radius 2 is 2.00 bits per heavy atom. The highest BCUT2D eigenvalue weighted by atomic mass is 79.9. The van der Waals surface area contributed by atoms with Crippen LogP contribution in [0.5, 0.6) is 5.75 Å². The van der Waals surface area contributed by atoms with Gasteiger partial charge in [0, 0.05) is 17.7 Å². The largest absolute Gasteiger partial charge is 0.490 e. The van der Waals surface area contributed by atoms with Crippen molar-refractivity contribution < 1.29 is 18.8 Å². The minimum absolute atomic E-state index is 0.0278. The molecule has 0 aliphatic heterocycles. The maximum absolute atomic E-state index is 13.7. The smallest absolute Gasteiger partial charge is 0.271 e. The predicted octanol–water partition coefficient (Wildman–Crippen LogP) is 4.54. The van der Waals surface area contributed by atoms with Crippen LogP contribution < -0.4 is 10.1 Å². The van der Waals surface area contributed by atoms with E-state index in [-0.39, 0.29) is 23.0 Å². The van der Waals surface area contributed by atoms with Gasteiger partial charge in [-0.05, 0) is 54.0 Å². The maximum Gasteiger partial charge on any atom is 0.271 e. The van der Waals surface area contributed by atoms with Crippen LogP contribution in [-0.2, 0) is 0 Å². The van der Waals surface area contributed by atoms with Crippen molar-refractivity contribution >= 4 is 33.2 Å². The lowest BCUT2D eigenvalue weighted by molar-refractivity contribution is -0.384. The van der Waals surface area contributed by atoms with Gasteiger partial charge in [0.15, 0.2) is 0 Å². The number of non-ortho nitro benzene ring substituents is 1. The Morgan fingerprint density at radius 1 is 1.29 bits per heavy atom. The first-order valence-electron chi connectivity index (χ1n) is 6.99. The Kier molecular flexibility index (Phi) is 5.50. The number of nitrogens with zero attached hydrogens (tertiary/aromatic N) is 1. The second-order valence-corrected chi connectivity index (χ2v) is 6.04. The summed E-state index contributed by atoms with van der Waals surface area (Å²) in [6.07, 6.45) is -0.0278. The normalized spacial score (nSPS) is 10.5. The van der Waals surface area contributed by atoms with E-state index in [4.69, 9.17) is 4.74 Å². The molecule has 0 aliphatic rings. The van der Waals surface area contributed by atoms with Crippen molar-refractivity contribution in [2.75, 3.05) is 5.32 Å². The van der Waals surface area contributed by atoms with Crippen LogP contribution in [0.2, 0.25) is 0 Å². The van der Waals surface area contributed by atoms with Crippen LogP contribution in [0, 0.1) is 15.9 Å². The summed E-state index contributed by atoms with van der Waals surface area (Å²) in [6, 6.07) is 7.60. The average Bonchev–Trinajstić information content (AvgIpc) is 2.50. The molecule has 2 rings (SSSR count). The molecule has 0 saturated heterocycles. The molecule has 0 heterocycles. The van der Waals surface area contributed by atoms with Gasteiger partial charge in [-0.1, -0.05) is 0 Å². The van der Waals surface area contributed by atoms with Crippen molar-refractivity contribution in [1.29, 1.82) is 0 Å². The van der Waals surface area contributed by atoms with Gasteiger partial charge in [0.1, 0.15) is 11.6 Å². The number of benzene rings is 2. The third kappa shape index (κ3) is 4.29. The topological polar surface area (TPSA) is 81.5 Å². The van der Waals surface area contributed by atoms with Gasteiger partial charge in [-0.3, -0.25) is 14.9 Å². The first-order valence-corrected chi connectivity index (χ1v) is 7.78. The third-order valence-corrected chi connectivity index (χ3v) is 3.59. The number of halogens is 2. The van der Waals surface area contributed by atoms with Crippen LogP contribution in [0.4, 0.5) is 15.8 Å². The number of anilines is 1. The highest BCUT2D eigenvalue weighted by molar-refractivity contribution is 9.10. The Morgan fingerprint density at radius 3 is 2.58 bits per heavy atom. The molecule has 0 aliphatic carbocycles. The molecular weight excluding hydrogens is 383 g/mol. The van der Waals surface area contributed by atoms with Gasteiger partial charge < -0.3 is 10.1 Å². The van der Waals surface area contributed by atoms with Gasteiger partial charge in [0.2, 0.25) is 0 Å². The van der Waals surface area contributed by atoms with Crippen molar-refractivity contribution in [3.8, 4) is 5.75 Å². The van der Waals surface area contributed by atoms with E-state index in [1.807, 2.05) is 13.8 Å². The number of carbonyl (C=O) groups excluding carboxylic acids is 1. The number of rotatable bonds is 5. The zero-order valence-electron chi connectivity index (χ0n) is 12.9. The summed E-state index contributed by atoms with van der Waals surface area (Å²) in [5, 5.41) is 13.1. The second kappa shape index (κ2) is 7.39. The molecule has 0 unspecified atom stereocenters. The van der Waals surface area contributed by atoms with Gasteiger partial charge in [0.05, 0.1) is 21.2 Å². The summed E-state index contributed by atoms with van der Waals surface area (Å²) >= 11 is 3.31. The fraction of sp³-hybridized carbons (Fsp3) is 0.188. The molecule has 0 aromatic heterocycles. The lowest BCUT2D eigenvalue weighted by atomic mass is 10.2. The standard InChI is InChI=1S/C16H14BrFN2O4/c1-9(2)24-15-6-3-10(7-12(15)17)16(21)19-14-8-11(20(22)23)4-5-13(14)18/h3-9H,1-2H3,(H,19,21). The molecule has 2 aromatic carbocycles. The molecule has 126 valence electrons. The molecule has 1 N–H and O–H groups in total. The number of carbonyl (C=O) groups is 1. The van der Waals surface area contributed by atoms with Crippen LogP contribution in [0.25, 0.3) is 0 Å². The molecule has 24 heavy (non-hydrogen) atoms. The fourth-order valence-corrected chi connectivity index (χ4v) is 2.38. The number of nitro groups is 1. The zero-order chi connectivity index (χ0) is 17.9. The number of amides is 1. The molecule has 0 spiro atoms. The van der Waals surface area contributed by atoms with Crippen LogP contribution >= 0.6 is 15.9 Å². The first kappa shape index (κ1) is 17.9. The number of hydrogen-bond donors (Lipinski definition) is 1. The van der Waals surface area contributed by atoms with Crippen molar-refractivity contribution in [3.05, 3.63) is 62.4 Å². The SMILES string of the molecule is CC(C)Oc1ccc(C(=O)Nc2cc([N+](=O)[O-])ccc2F)cc1Br. The van der Waals surface area contributed by atoms with E-state index in [0.717, 1.165) is 18.2 Å². The van der Waals surface area contributed by atoms with Gasteiger partial charge in [-0.15, -0.1) is 0 Å². The van der Waals surface area contributed by atoms with Crippen molar-refractivity contribution in [2.45, 2.75) is 20.0 Å². The summed E-state index contributed by atoms with van der Waals surface area (Å²) in [4.78, 5) is 22.3. The Bertz CT molecular complexity index is 796. The number of hydrogen-bond acceptors (Lipinski definition) is 4. The van der Waals surface area contributed by atoms with Crippen LogP contribution in [0.15, 0.2) is 40.9 Å².